The van der Waals surface area contributed by atoms with Gasteiger partial charge in [0.15, 0.2) is 0 Å². The van der Waals surface area contributed by atoms with E-state index in [1.165, 1.54) is 7.11 Å². The number of H-pyrrole nitrogens is 1. The van der Waals surface area contributed by atoms with Gasteiger partial charge in [0.2, 0.25) is 0 Å². The topological polar surface area (TPSA) is 91.9 Å². The first-order valence-electron chi connectivity index (χ1n) is 11.5. The Morgan fingerprint density at radius 1 is 1.00 bits per heavy atom. The second kappa shape index (κ2) is 10.8. The molecule has 0 atom stereocenters. The first kappa shape index (κ1) is 23.8. The molecule has 2 heterocycles. The van der Waals surface area contributed by atoms with Gasteiger partial charge in [0, 0.05) is 62.2 Å². The molecular formula is C25H33N5O4. The summed E-state index contributed by atoms with van der Waals surface area (Å²) in [4.78, 5) is 25.5. The molecule has 0 amide bonds. The molecule has 4 rings (SSSR count). The summed E-state index contributed by atoms with van der Waals surface area (Å²) in [6, 6.07) is 9.12. The molecular weight excluding hydrogens is 434 g/mol. The Kier molecular flexibility index (Phi) is 7.54. The summed E-state index contributed by atoms with van der Waals surface area (Å²) in [6.07, 6.45) is 1.01. The molecule has 9 heteroatoms. The predicted octanol–water partition coefficient (Wildman–Crippen LogP) is 2.67. The molecule has 9 nitrogen and oxygen atoms in total. The van der Waals surface area contributed by atoms with Crippen molar-refractivity contribution >= 4 is 16.6 Å². The highest BCUT2D eigenvalue weighted by molar-refractivity contribution is 5.88. The first-order chi connectivity index (χ1) is 16.5. The van der Waals surface area contributed by atoms with Crippen LogP contribution >= 0.6 is 0 Å². The number of benzene rings is 2. The number of aromatic amines is 1. The van der Waals surface area contributed by atoms with Crippen molar-refractivity contribution in [1.82, 2.24) is 19.8 Å². The summed E-state index contributed by atoms with van der Waals surface area (Å²) < 4.78 is 16.2. The molecule has 2 N–H and O–H groups in total. The number of anilines is 1. The molecule has 3 aromatic rings. The van der Waals surface area contributed by atoms with Crippen molar-refractivity contribution < 1.29 is 14.2 Å². The minimum atomic E-state index is -0.267. The van der Waals surface area contributed by atoms with Crippen molar-refractivity contribution in [2.75, 3.05) is 73.0 Å². The van der Waals surface area contributed by atoms with Crippen LogP contribution in [-0.2, 0) is 0 Å². The Balaban J connectivity index is 1.59. The average Bonchev–Trinajstić information content (AvgIpc) is 2.86. The van der Waals surface area contributed by atoms with Crippen molar-refractivity contribution in [3.8, 4) is 28.6 Å². The quantitative estimate of drug-likeness (QED) is 0.464. The maximum Gasteiger partial charge on any atom is 0.262 e. The molecule has 1 aliphatic rings. The second-order valence-electron chi connectivity index (χ2n) is 8.48. The van der Waals surface area contributed by atoms with Crippen molar-refractivity contribution in [2.24, 2.45) is 0 Å². The van der Waals surface area contributed by atoms with E-state index in [-0.39, 0.29) is 5.56 Å². The van der Waals surface area contributed by atoms with E-state index in [4.69, 9.17) is 19.2 Å². The molecule has 182 valence electrons. The zero-order chi connectivity index (χ0) is 24.1. The van der Waals surface area contributed by atoms with Crippen LogP contribution in [0, 0.1) is 0 Å². The van der Waals surface area contributed by atoms with Crippen LogP contribution in [0.5, 0.6) is 17.2 Å². The van der Waals surface area contributed by atoms with Crippen molar-refractivity contribution in [1.29, 1.82) is 0 Å². The van der Waals surface area contributed by atoms with Crippen molar-refractivity contribution in [2.45, 2.75) is 6.42 Å². The largest absolute Gasteiger partial charge is 0.497 e. The van der Waals surface area contributed by atoms with Gasteiger partial charge in [0.1, 0.15) is 28.5 Å². The fourth-order valence-electron chi connectivity index (χ4n) is 4.22. The molecule has 0 saturated carbocycles. The normalized spacial score (nSPS) is 14.8. The molecule has 0 spiro atoms. The molecule has 0 radical (unpaired) electrons. The lowest BCUT2D eigenvalue weighted by Gasteiger charge is -2.32. The molecule has 0 unspecified atom stereocenters. The van der Waals surface area contributed by atoms with Gasteiger partial charge in [-0.05, 0) is 32.1 Å². The Morgan fingerprint density at radius 2 is 1.76 bits per heavy atom. The highest BCUT2D eigenvalue weighted by Crippen LogP contribution is 2.32. The van der Waals surface area contributed by atoms with E-state index in [0.717, 1.165) is 62.7 Å². The molecule has 0 bridgehead atoms. The van der Waals surface area contributed by atoms with Gasteiger partial charge in [-0.15, -0.1) is 0 Å². The number of piperazine rings is 1. The van der Waals surface area contributed by atoms with Gasteiger partial charge in [0.05, 0.1) is 26.8 Å². The van der Waals surface area contributed by atoms with Gasteiger partial charge in [-0.1, -0.05) is 0 Å². The van der Waals surface area contributed by atoms with Gasteiger partial charge >= 0.3 is 0 Å². The van der Waals surface area contributed by atoms with Crippen LogP contribution in [0.2, 0.25) is 0 Å². The summed E-state index contributed by atoms with van der Waals surface area (Å²) in [6.45, 7) is 6.29. The Morgan fingerprint density at radius 3 is 2.47 bits per heavy atom. The van der Waals surface area contributed by atoms with Crippen LogP contribution < -0.4 is 25.1 Å². The van der Waals surface area contributed by atoms with E-state index in [9.17, 15) is 4.79 Å². The molecule has 2 aromatic carbocycles. The van der Waals surface area contributed by atoms with E-state index < -0.39 is 0 Å². The highest BCUT2D eigenvalue weighted by atomic mass is 16.5. The molecule has 1 fully saturated rings. The summed E-state index contributed by atoms with van der Waals surface area (Å²) in [7, 11) is 6.90. The fourth-order valence-corrected chi connectivity index (χ4v) is 4.22. The summed E-state index contributed by atoms with van der Waals surface area (Å²) in [5, 5.41) is 3.91. The predicted molar refractivity (Wildman–Crippen MR) is 134 cm³/mol. The van der Waals surface area contributed by atoms with Crippen LogP contribution in [0.1, 0.15) is 6.42 Å². The highest BCUT2D eigenvalue weighted by Gasteiger charge is 2.16. The van der Waals surface area contributed by atoms with Gasteiger partial charge in [0.25, 0.3) is 5.56 Å². The molecule has 34 heavy (non-hydrogen) atoms. The number of aromatic nitrogens is 2. The second-order valence-corrected chi connectivity index (χ2v) is 8.48. The average molecular weight is 468 g/mol. The SMILES string of the molecule is COc1ccc(-c2nc3cc(OC)cc(OC)c3c(=O)[nH]2)c(NCCCN2CCN(C)CC2)c1. The maximum absolute atomic E-state index is 13.0. The molecule has 1 saturated heterocycles. The minimum Gasteiger partial charge on any atom is -0.497 e. The van der Waals surface area contributed by atoms with Gasteiger partial charge in [-0.3, -0.25) is 4.79 Å². The number of rotatable bonds is 9. The zero-order valence-electron chi connectivity index (χ0n) is 20.3. The van der Waals surface area contributed by atoms with Crippen LogP contribution in [0.4, 0.5) is 5.69 Å². The van der Waals surface area contributed by atoms with Crippen LogP contribution in [0.15, 0.2) is 35.1 Å². The van der Waals surface area contributed by atoms with Crippen molar-refractivity contribution in [3.63, 3.8) is 0 Å². The first-order valence-corrected chi connectivity index (χ1v) is 11.5. The Hall–Kier alpha value is -3.30. The number of hydrogen-bond acceptors (Lipinski definition) is 8. The van der Waals surface area contributed by atoms with Crippen LogP contribution in [-0.4, -0.2) is 87.4 Å². The smallest absolute Gasteiger partial charge is 0.262 e. The summed E-state index contributed by atoms with van der Waals surface area (Å²) in [5.74, 6) is 2.20. The van der Waals surface area contributed by atoms with E-state index in [0.29, 0.717) is 28.2 Å². The van der Waals surface area contributed by atoms with E-state index in [2.05, 4.69) is 27.1 Å². The zero-order valence-corrected chi connectivity index (χ0v) is 20.3. The number of ether oxygens (including phenoxy) is 3. The van der Waals surface area contributed by atoms with E-state index in [1.54, 1.807) is 26.4 Å². The Labute approximate surface area is 199 Å². The lowest BCUT2D eigenvalue weighted by molar-refractivity contribution is 0.154. The summed E-state index contributed by atoms with van der Waals surface area (Å²) in [5.41, 5.74) is 1.89. The number of likely N-dealkylation sites (N-methyl/N-ethyl adjacent to an activating group) is 1. The Bertz CT molecular complexity index is 1190. The van der Waals surface area contributed by atoms with Crippen LogP contribution in [0.25, 0.3) is 22.3 Å². The van der Waals surface area contributed by atoms with E-state index >= 15 is 0 Å². The van der Waals surface area contributed by atoms with Gasteiger partial charge in [-0.25, -0.2) is 4.98 Å². The molecule has 1 aromatic heterocycles. The number of nitrogens with one attached hydrogen (secondary N) is 2. The van der Waals surface area contributed by atoms with Gasteiger partial charge in [-0.2, -0.15) is 0 Å². The number of methoxy groups -OCH3 is 3. The monoisotopic (exact) mass is 467 g/mol. The van der Waals surface area contributed by atoms with E-state index in [1.807, 2.05) is 18.2 Å². The third kappa shape index (κ3) is 5.26. The standard InChI is InChI=1S/C25H33N5O4/c1-29-10-12-30(13-11-29)9-5-8-26-20-14-17(32-2)6-7-19(20)24-27-21-15-18(33-3)16-22(34-4)23(21)25(31)28-24/h6-7,14-16,26H,5,8-13H2,1-4H3,(H,27,28,31). The van der Waals surface area contributed by atoms with Gasteiger partial charge < -0.3 is 34.3 Å². The third-order valence-corrected chi connectivity index (χ3v) is 6.25. The number of fused-ring (bicyclic) bond motifs is 1. The van der Waals surface area contributed by atoms with Crippen molar-refractivity contribution in [3.05, 3.63) is 40.7 Å². The minimum absolute atomic E-state index is 0.267. The summed E-state index contributed by atoms with van der Waals surface area (Å²) >= 11 is 0. The maximum atomic E-state index is 13.0. The lowest BCUT2D eigenvalue weighted by atomic mass is 10.1. The number of hydrogen-bond donors (Lipinski definition) is 2. The number of nitrogens with zero attached hydrogens (tertiary/aromatic N) is 3. The van der Waals surface area contributed by atoms with Crippen LogP contribution in [0.3, 0.4) is 0 Å². The third-order valence-electron chi connectivity index (χ3n) is 6.25. The molecule has 0 aliphatic carbocycles. The lowest BCUT2D eigenvalue weighted by Crippen LogP contribution is -2.44. The fraction of sp³-hybridized carbons (Fsp3) is 0.440. The molecule has 1 aliphatic heterocycles.